The molecule has 0 radical (unpaired) electrons. The SMILES string of the molecule is C=CC[C@@]1(C)C[C@H](c2cccc(Cl)c2)[C@@H](c2ccc(Cl)cc2)N(C(CC)CSc2ccccc2)C1=O. The van der Waals surface area contributed by atoms with E-state index in [-0.39, 0.29) is 23.9 Å². The molecule has 2 nitrogen and oxygen atoms in total. The summed E-state index contributed by atoms with van der Waals surface area (Å²) in [5.41, 5.74) is 1.71. The molecule has 188 valence electrons. The van der Waals surface area contributed by atoms with Crippen molar-refractivity contribution in [3.8, 4) is 0 Å². The molecule has 1 unspecified atom stereocenters. The van der Waals surface area contributed by atoms with Gasteiger partial charge in [0.25, 0.3) is 0 Å². The normalized spacial score (nSPS) is 22.9. The Bertz CT molecular complexity index is 1180. The van der Waals surface area contributed by atoms with Crippen LogP contribution in [0.15, 0.2) is 96.4 Å². The quantitative estimate of drug-likeness (QED) is 0.200. The van der Waals surface area contributed by atoms with Crippen LogP contribution in [-0.2, 0) is 4.79 Å². The Morgan fingerprint density at radius 3 is 2.39 bits per heavy atom. The molecule has 0 spiro atoms. The van der Waals surface area contributed by atoms with E-state index >= 15 is 0 Å². The second kappa shape index (κ2) is 11.9. The van der Waals surface area contributed by atoms with Gasteiger partial charge in [-0.05, 0) is 66.8 Å². The predicted molar refractivity (Wildman–Crippen MR) is 154 cm³/mol. The molecular formula is C31H33Cl2NOS. The smallest absolute Gasteiger partial charge is 0.229 e. The van der Waals surface area contributed by atoms with Crippen molar-refractivity contribution >= 4 is 40.9 Å². The Kier molecular flexibility index (Phi) is 8.87. The molecule has 3 aromatic carbocycles. The van der Waals surface area contributed by atoms with Gasteiger partial charge in [-0.2, -0.15) is 0 Å². The van der Waals surface area contributed by atoms with Crippen LogP contribution in [0.1, 0.15) is 56.2 Å². The minimum absolute atomic E-state index is 0.0644. The van der Waals surface area contributed by atoms with Crippen molar-refractivity contribution in [1.82, 2.24) is 4.90 Å². The number of rotatable bonds is 9. The number of hydrogen-bond donors (Lipinski definition) is 0. The van der Waals surface area contributed by atoms with Gasteiger partial charge in [0.15, 0.2) is 0 Å². The summed E-state index contributed by atoms with van der Waals surface area (Å²) in [4.78, 5) is 17.8. The van der Waals surface area contributed by atoms with Crippen LogP contribution >= 0.6 is 35.0 Å². The number of halogens is 2. The topological polar surface area (TPSA) is 20.3 Å². The highest BCUT2D eigenvalue weighted by Crippen LogP contribution is 2.52. The molecule has 0 aromatic heterocycles. The van der Waals surface area contributed by atoms with Crippen LogP contribution in [0.2, 0.25) is 10.0 Å². The Labute approximate surface area is 229 Å². The maximum Gasteiger partial charge on any atom is 0.229 e. The minimum Gasteiger partial charge on any atom is -0.331 e. The number of benzene rings is 3. The monoisotopic (exact) mass is 537 g/mol. The fourth-order valence-electron chi connectivity index (χ4n) is 5.39. The number of carbonyl (C=O) groups excluding carboxylic acids is 1. The molecule has 1 aliphatic heterocycles. The third kappa shape index (κ3) is 5.85. The average Bonchev–Trinajstić information content (AvgIpc) is 2.88. The highest BCUT2D eigenvalue weighted by atomic mass is 35.5. The summed E-state index contributed by atoms with van der Waals surface area (Å²) in [5, 5.41) is 1.40. The second-order valence-electron chi connectivity index (χ2n) is 9.81. The molecule has 3 aromatic rings. The molecule has 4 atom stereocenters. The summed E-state index contributed by atoms with van der Waals surface area (Å²) in [5.74, 6) is 1.10. The number of piperidine rings is 1. The second-order valence-corrected chi connectivity index (χ2v) is 11.8. The molecule has 36 heavy (non-hydrogen) atoms. The summed E-state index contributed by atoms with van der Waals surface area (Å²) in [7, 11) is 0. The summed E-state index contributed by atoms with van der Waals surface area (Å²) in [6.45, 7) is 8.26. The number of thioether (sulfide) groups is 1. The maximum absolute atomic E-state index is 14.4. The fraction of sp³-hybridized carbons (Fsp3) is 0.323. The van der Waals surface area contributed by atoms with Crippen LogP contribution in [0, 0.1) is 5.41 Å². The largest absolute Gasteiger partial charge is 0.331 e. The lowest BCUT2D eigenvalue weighted by atomic mass is 9.67. The van der Waals surface area contributed by atoms with Gasteiger partial charge in [-0.1, -0.05) is 85.6 Å². The predicted octanol–water partition coefficient (Wildman–Crippen LogP) is 9.20. The van der Waals surface area contributed by atoms with E-state index in [0.717, 1.165) is 29.7 Å². The van der Waals surface area contributed by atoms with Gasteiger partial charge in [0.1, 0.15) is 0 Å². The number of hydrogen-bond acceptors (Lipinski definition) is 2. The molecule has 1 amide bonds. The van der Waals surface area contributed by atoms with E-state index in [1.807, 2.05) is 36.4 Å². The van der Waals surface area contributed by atoms with Crippen molar-refractivity contribution in [3.05, 3.63) is 113 Å². The van der Waals surface area contributed by atoms with Crippen molar-refractivity contribution in [1.29, 1.82) is 0 Å². The van der Waals surface area contributed by atoms with Gasteiger partial charge in [0.05, 0.1) is 11.5 Å². The molecule has 0 aliphatic carbocycles. The van der Waals surface area contributed by atoms with Gasteiger partial charge in [-0.3, -0.25) is 4.79 Å². The Hall–Kier alpha value is -2.20. The molecule has 0 saturated carbocycles. The molecular weight excluding hydrogens is 505 g/mol. The number of carbonyl (C=O) groups is 1. The third-order valence-corrected chi connectivity index (χ3v) is 8.88. The first-order valence-electron chi connectivity index (χ1n) is 12.5. The standard InChI is InChI=1S/C31H33Cl2NOS/c1-4-18-31(3)20-28(23-10-9-11-25(33)19-23)29(22-14-16-24(32)17-15-22)34(30(31)35)26(5-2)21-36-27-12-7-6-8-13-27/h4,6-17,19,26,28-29H,1,5,18,20-21H2,2-3H3/t26?,28-,29-,31+/m1/s1. The van der Waals surface area contributed by atoms with Gasteiger partial charge in [0, 0.05) is 32.7 Å². The molecule has 0 N–H and O–H groups in total. The van der Waals surface area contributed by atoms with Crippen molar-refractivity contribution in [3.63, 3.8) is 0 Å². The van der Waals surface area contributed by atoms with E-state index in [1.54, 1.807) is 11.8 Å². The first kappa shape index (κ1) is 26.9. The van der Waals surface area contributed by atoms with Crippen LogP contribution in [0.4, 0.5) is 0 Å². The van der Waals surface area contributed by atoms with Crippen molar-refractivity contribution in [2.45, 2.75) is 56.0 Å². The number of amides is 1. The number of allylic oxidation sites excluding steroid dienone is 1. The summed E-state index contributed by atoms with van der Waals surface area (Å²) in [6.07, 6.45) is 4.11. The third-order valence-electron chi connectivity index (χ3n) is 7.24. The fourth-order valence-corrected chi connectivity index (χ4v) is 6.85. The number of likely N-dealkylation sites (tertiary alicyclic amines) is 1. The molecule has 4 rings (SSSR count). The lowest BCUT2D eigenvalue weighted by Crippen LogP contribution is -2.56. The zero-order chi connectivity index (χ0) is 25.7. The van der Waals surface area contributed by atoms with Gasteiger partial charge in [0.2, 0.25) is 5.91 Å². The van der Waals surface area contributed by atoms with E-state index in [4.69, 9.17) is 23.2 Å². The van der Waals surface area contributed by atoms with Crippen LogP contribution < -0.4 is 0 Å². The van der Waals surface area contributed by atoms with E-state index in [9.17, 15) is 4.79 Å². The lowest BCUT2D eigenvalue weighted by Gasteiger charge is -2.52. The van der Waals surface area contributed by atoms with E-state index < -0.39 is 5.41 Å². The van der Waals surface area contributed by atoms with Gasteiger partial charge < -0.3 is 4.90 Å². The first-order chi connectivity index (χ1) is 17.4. The zero-order valence-electron chi connectivity index (χ0n) is 20.9. The lowest BCUT2D eigenvalue weighted by molar-refractivity contribution is -0.153. The summed E-state index contributed by atoms with van der Waals surface area (Å²) in [6, 6.07) is 26.4. The van der Waals surface area contributed by atoms with Gasteiger partial charge in [-0.25, -0.2) is 0 Å². The molecule has 1 heterocycles. The molecule has 5 heteroatoms. The van der Waals surface area contributed by atoms with Gasteiger partial charge >= 0.3 is 0 Å². The maximum atomic E-state index is 14.4. The Morgan fingerprint density at radius 2 is 1.75 bits per heavy atom. The van der Waals surface area contributed by atoms with Crippen LogP contribution in [0.25, 0.3) is 0 Å². The molecule has 1 aliphatic rings. The number of nitrogens with zero attached hydrogens (tertiary/aromatic N) is 1. The van der Waals surface area contributed by atoms with E-state index in [1.165, 1.54) is 4.90 Å². The van der Waals surface area contributed by atoms with Gasteiger partial charge in [-0.15, -0.1) is 18.3 Å². The Morgan fingerprint density at radius 1 is 1.03 bits per heavy atom. The Balaban J connectivity index is 1.82. The first-order valence-corrected chi connectivity index (χ1v) is 14.2. The molecule has 1 saturated heterocycles. The average molecular weight is 539 g/mol. The minimum atomic E-state index is -0.539. The van der Waals surface area contributed by atoms with Crippen molar-refractivity contribution in [2.75, 3.05) is 5.75 Å². The van der Waals surface area contributed by atoms with E-state index in [2.05, 4.69) is 73.9 Å². The van der Waals surface area contributed by atoms with Crippen molar-refractivity contribution in [2.24, 2.45) is 5.41 Å². The van der Waals surface area contributed by atoms with Crippen LogP contribution in [0.5, 0.6) is 0 Å². The molecule has 0 bridgehead atoms. The van der Waals surface area contributed by atoms with Crippen LogP contribution in [-0.4, -0.2) is 22.6 Å². The van der Waals surface area contributed by atoms with Crippen molar-refractivity contribution < 1.29 is 4.79 Å². The zero-order valence-corrected chi connectivity index (χ0v) is 23.2. The summed E-state index contributed by atoms with van der Waals surface area (Å²) >= 11 is 14.5. The van der Waals surface area contributed by atoms with Crippen LogP contribution in [0.3, 0.4) is 0 Å². The van der Waals surface area contributed by atoms with E-state index in [0.29, 0.717) is 16.5 Å². The molecule has 1 fully saturated rings. The summed E-state index contributed by atoms with van der Waals surface area (Å²) < 4.78 is 0. The highest BCUT2D eigenvalue weighted by Gasteiger charge is 2.50. The highest BCUT2D eigenvalue weighted by molar-refractivity contribution is 7.99.